The minimum absolute atomic E-state index is 0.0387. The zero-order valence-corrected chi connectivity index (χ0v) is 13.0. The fourth-order valence-electron chi connectivity index (χ4n) is 2.87. The standard InChI is InChI=1S/C16H18FN3O3/c1-10-6-19(7-11(2)23-10)15(21)8-20-9-18-14-4-3-12(17)5-13(14)16(20)22/h3-5,9-11H,6-8H2,1-2H3. The normalized spacial score (nSPS) is 21.6. The Morgan fingerprint density at radius 2 is 2.04 bits per heavy atom. The quantitative estimate of drug-likeness (QED) is 0.833. The number of fused-ring (bicyclic) bond motifs is 1. The number of amides is 1. The topological polar surface area (TPSA) is 64.4 Å². The third-order valence-corrected chi connectivity index (χ3v) is 3.86. The van der Waals surface area contributed by atoms with Gasteiger partial charge in [-0.15, -0.1) is 0 Å². The van der Waals surface area contributed by atoms with E-state index in [1.807, 2.05) is 13.8 Å². The summed E-state index contributed by atoms with van der Waals surface area (Å²) in [5.74, 6) is -0.678. The number of ether oxygens (including phenoxy) is 1. The number of hydrogen-bond acceptors (Lipinski definition) is 4. The van der Waals surface area contributed by atoms with Crippen molar-refractivity contribution in [1.29, 1.82) is 0 Å². The molecule has 122 valence electrons. The van der Waals surface area contributed by atoms with E-state index in [9.17, 15) is 14.0 Å². The summed E-state index contributed by atoms with van der Waals surface area (Å²) in [5, 5.41) is 0.170. The second-order valence-corrected chi connectivity index (χ2v) is 5.90. The SMILES string of the molecule is CC1CN(C(=O)Cn2cnc3ccc(F)cc3c2=O)CC(C)O1. The van der Waals surface area contributed by atoms with Gasteiger partial charge in [0.25, 0.3) is 5.56 Å². The highest BCUT2D eigenvalue weighted by atomic mass is 19.1. The van der Waals surface area contributed by atoms with Crippen molar-refractivity contribution >= 4 is 16.8 Å². The van der Waals surface area contributed by atoms with E-state index in [-0.39, 0.29) is 30.0 Å². The molecule has 1 fully saturated rings. The number of carbonyl (C=O) groups excluding carboxylic acids is 1. The number of halogens is 1. The molecule has 1 amide bonds. The van der Waals surface area contributed by atoms with E-state index in [1.54, 1.807) is 4.90 Å². The summed E-state index contributed by atoms with van der Waals surface area (Å²) in [6, 6.07) is 3.84. The van der Waals surface area contributed by atoms with Crippen LogP contribution in [0.3, 0.4) is 0 Å². The predicted molar refractivity (Wildman–Crippen MR) is 82.6 cm³/mol. The van der Waals surface area contributed by atoms with Crippen LogP contribution in [0.4, 0.5) is 4.39 Å². The summed E-state index contributed by atoms with van der Waals surface area (Å²) in [4.78, 5) is 30.6. The Labute approximate surface area is 132 Å². The van der Waals surface area contributed by atoms with Crippen LogP contribution in [0.2, 0.25) is 0 Å². The Morgan fingerprint density at radius 1 is 1.35 bits per heavy atom. The molecule has 0 saturated carbocycles. The molecule has 6 nitrogen and oxygen atoms in total. The Kier molecular flexibility index (Phi) is 4.12. The van der Waals surface area contributed by atoms with Crippen molar-refractivity contribution in [2.75, 3.05) is 13.1 Å². The maximum absolute atomic E-state index is 13.3. The smallest absolute Gasteiger partial charge is 0.261 e. The van der Waals surface area contributed by atoms with Gasteiger partial charge < -0.3 is 9.64 Å². The van der Waals surface area contributed by atoms with Gasteiger partial charge >= 0.3 is 0 Å². The molecule has 1 aromatic heterocycles. The molecule has 1 aromatic carbocycles. The van der Waals surface area contributed by atoms with Crippen LogP contribution < -0.4 is 5.56 Å². The van der Waals surface area contributed by atoms with E-state index < -0.39 is 11.4 Å². The van der Waals surface area contributed by atoms with Crippen molar-refractivity contribution in [3.8, 4) is 0 Å². The van der Waals surface area contributed by atoms with Gasteiger partial charge in [-0.3, -0.25) is 14.2 Å². The number of aromatic nitrogens is 2. The molecule has 2 unspecified atom stereocenters. The zero-order chi connectivity index (χ0) is 16.6. The third kappa shape index (κ3) is 3.24. The largest absolute Gasteiger partial charge is 0.372 e. The lowest BCUT2D eigenvalue weighted by Gasteiger charge is -2.35. The summed E-state index contributed by atoms with van der Waals surface area (Å²) in [5.41, 5.74) is -0.00841. The lowest BCUT2D eigenvalue weighted by atomic mass is 10.2. The Balaban J connectivity index is 1.85. The molecule has 23 heavy (non-hydrogen) atoms. The van der Waals surface area contributed by atoms with Gasteiger partial charge in [0.2, 0.25) is 5.91 Å². The van der Waals surface area contributed by atoms with Crippen molar-refractivity contribution < 1.29 is 13.9 Å². The molecule has 2 aromatic rings. The van der Waals surface area contributed by atoms with Gasteiger partial charge in [0.1, 0.15) is 12.4 Å². The minimum atomic E-state index is -0.503. The fraction of sp³-hybridized carbons (Fsp3) is 0.438. The monoisotopic (exact) mass is 319 g/mol. The van der Waals surface area contributed by atoms with Crippen molar-refractivity contribution in [2.45, 2.75) is 32.6 Å². The zero-order valence-electron chi connectivity index (χ0n) is 13.0. The highest BCUT2D eigenvalue weighted by molar-refractivity contribution is 5.79. The first-order valence-corrected chi connectivity index (χ1v) is 7.52. The van der Waals surface area contributed by atoms with Gasteiger partial charge in [-0.25, -0.2) is 9.37 Å². The molecule has 3 rings (SSSR count). The average Bonchev–Trinajstić information content (AvgIpc) is 2.49. The van der Waals surface area contributed by atoms with Crippen LogP contribution in [0.5, 0.6) is 0 Å². The molecule has 1 aliphatic rings. The highest BCUT2D eigenvalue weighted by Crippen LogP contribution is 2.12. The van der Waals surface area contributed by atoms with Gasteiger partial charge in [-0.1, -0.05) is 0 Å². The highest BCUT2D eigenvalue weighted by Gasteiger charge is 2.26. The number of hydrogen-bond donors (Lipinski definition) is 0. The van der Waals surface area contributed by atoms with Gasteiger partial charge in [0, 0.05) is 13.1 Å². The second-order valence-electron chi connectivity index (χ2n) is 5.90. The molecule has 0 radical (unpaired) electrons. The maximum Gasteiger partial charge on any atom is 0.261 e. The van der Waals surface area contributed by atoms with Gasteiger partial charge in [0.05, 0.1) is 29.4 Å². The summed E-state index contributed by atoms with van der Waals surface area (Å²) in [6.07, 6.45) is 1.25. The number of rotatable bonds is 2. The number of morpholine rings is 1. The first kappa shape index (κ1) is 15.6. The van der Waals surface area contributed by atoms with E-state index in [0.29, 0.717) is 18.6 Å². The lowest BCUT2D eigenvalue weighted by molar-refractivity contribution is -0.143. The van der Waals surface area contributed by atoms with Crippen LogP contribution in [0, 0.1) is 5.82 Å². The summed E-state index contributed by atoms with van der Waals surface area (Å²) >= 11 is 0. The number of nitrogens with zero attached hydrogens (tertiary/aromatic N) is 3. The molecule has 7 heteroatoms. The van der Waals surface area contributed by atoms with E-state index in [4.69, 9.17) is 4.74 Å². The lowest BCUT2D eigenvalue weighted by Crippen LogP contribution is -2.49. The minimum Gasteiger partial charge on any atom is -0.372 e. The van der Waals surface area contributed by atoms with Crippen molar-refractivity contribution in [1.82, 2.24) is 14.5 Å². The van der Waals surface area contributed by atoms with Crippen LogP contribution >= 0.6 is 0 Å². The third-order valence-electron chi connectivity index (χ3n) is 3.86. The molecular weight excluding hydrogens is 301 g/mol. The second kappa shape index (κ2) is 6.08. The van der Waals surface area contributed by atoms with E-state index in [0.717, 1.165) is 6.07 Å². The van der Waals surface area contributed by atoms with Crippen molar-refractivity contribution in [2.24, 2.45) is 0 Å². The Hall–Kier alpha value is -2.28. The van der Waals surface area contributed by atoms with Crippen LogP contribution in [-0.4, -0.2) is 45.7 Å². The molecular formula is C16H18FN3O3. The first-order chi connectivity index (χ1) is 10.9. The van der Waals surface area contributed by atoms with Crippen LogP contribution in [-0.2, 0) is 16.1 Å². The van der Waals surface area contributed by atoms with Gasteiger partial charge in [0.15, 0.2) is 0 Å². The van der Waals surface area contributed by atoms with Crippen LogP contribution in [0.25, 0.3) is 10.9 Å². The number of benzene rings is 1. The van der Waals surface area contributed by atoms with Crippen LogP contribution in [0.15, 0.2) is 29.3 Å². The van der Waals surface area contributed by atoms with E-state index >= 15 is 0 Å². The molecule has 2 heterocycles. The summed E-state index contributed by atoms with van der Waals surface area (Å²) in [6.45, 7) is 4.68. The molecule has 1 aliphatic heterocycles. The fourth-order valence-corrected chi connectivity index (χ4v) is 2.87. The number of carbonyl (C=O) groups is 1. The summed E-state index contributed by atoms with van der Waals surface area (Å²) < 4.78 is 20.1. The molecule has 2 atom stereocenters. The molecule has 0 spiro atoms. The van der Waals surface area contributed by atoms with Gasteiger partial charge in [-0.2, -0.15) is 0 Å². The van der Waals surface area contributed by atoms with Gasteiger partial charge in [-0.05, 0) is 32.0 Å². The molecule has 0 N–H and O–H groups in total. The van der Waals surface area contributed by atoms with Crippen molar-refractivity contribution in [3.05, 3.63) is 40.7 Å². The van der Waals surface area contributed by atoms with E-state index in [1.165, 1.54) is 23.0 Å². The molecule has 0 aliphatic carbocycles. The molecule has 1 saturated heterocycles. The Bertz CT molecular complexity index is 795. The van der Waals surface area contributed by atoms with E-state index in [2.05, 4.69) is 4.98 Å². The predicted octanol–water partition coefficient (Wildman–Crippen LogP) is 1.17. The average molecular weight is 319 g/mol. The summed E-state index contributed by atoms with van der Waals surface area (Å²) in [7, 11) is 0. The maximum atomic E-state index is 13.3. The Morgan fingerprint density at radius 3 is 2.74 bits per heavy atom. The molecule has 0 bridgehead atoms. The van der Waals surface area contributed by atoms with Crippen LogP contribution in [0.1, 0.15) is 13.8 Å². The first-order valence-electron chi connectivity index (χ1n) is 7.52. The van der Waals surface area contributed by atoms with Crippen molar-refractivity contribution in [3.63, 3.8) is 0 Å².